The highest BCUT2D eigenvalue weighted by molar-refractivity contribution is 7.13. The molecule has 27 heavy (non-hydrogen) atoms. The number of benzene rings is 1. The van der Waals surface area contributed by atoms with Crippen molar-refractivity contribution >= 4 is 17.0 Å². The number of ether oxygens (including phenoxy) is 1. The Hall–Kier alpha value is -3.59. The Morgan fingerprint density at radius 1 is 1.07 bits per heavy atom. The summed E-state index contributed by atoms with van der Waals surface area (Å²) >= 11 is 1.59. The minimum Gasteiger partial charge on any atom is -0.468 e. The average molecular weight is 375 g/mol. The van der Waals surface area contributed by atoms with E-state index < -0.39 is 0 Å². The summed E-state index contributed by atoms with van der Waals surface area (Å²) < 4.78 is 7.67. The largest absolute Gasteiger partial charge is 0.468 e. The molecule has 132 valence electrons. The third kappa shape index (κ3) is 2.93. The van der Waals surface area contributed by atoms with Gasteiger partial charge in [0.25, 0.3) is 0 Å². The van der Waals surface area contributed by atoms with Crippen molar-refractivity contribution in [3.8, 4) is 27.7 Å². The zero-order valence-electron chi connectivity index (χ0n) is 14.0. The first-order valence-corrected chi connectivity index (χ1v) is 9.09. The van der Waals surface area contributed by atoms with Crippen LogP contribution >= 0.6 is 11.3 Å². The number of rotatable bonds is 5. The zero-order chi connectivity index (χ0) is 18.1. The van der Waals surface area contributed by atoms with E-state index in [9.17, 15) is 0 Å². The second kappa shape index (κ2) is 6.61. The number of hydrogen-bond acceptors (Lipinski definition) is 7. The van der Waals surface area contributed by atoms with E-state index in [4.69, 9.17) is 4.74 Å². The molecule has 0 radical (unpaired) electrons. The minimum absolute atomic E-state index is 0.231. The Kier molecular flexibility index (Phi) is 3.83. The predicted octanol–water partition coefficient (Wildman–Crippen LogP) is 3.22. The van der Waals surface area contributed by atoms with Crippen LogP contribution in [0.25, 0.3) is 27.5 Å². The monoisotopic (exact) mass is 375 g/mol. The van der Waals surface area contributed by atoms with Crippen molar-refractivity contribution in [2.24, 2.45) is 0 Å². The van der Waals surface area contributed by atoms with E-state index in [0.717, 1.165) is 16.0 Å². The number of fused-ring (bicyclic) bond motifs is 1. The highest BCUT2D eigenvalue weighted by atomic mass is 32.1. The second-order valence-electron chi connectivity index (χ2n) is 5.72. The van der Waals surface area contributed by atoms with Crippen molar-refractivity contribution < 1.29 is 4.74 Å². The van der Waals surface area contributed by atoms with Gasteiger partial charge in [-0.3, -0.25) is 5.10 Å². The molecule has 0 amide bonds. The molecule has 0 atom stereocenters. The normalized spacial score (nSPS) is 11.1. The summed E-state index contributed by atoms with van der Waals surface area (Å²) in [7, 11) is 0. The van der Waals surface area contributed by atoms with Crippen molar-refractivity contribution in [2.45, 2.75) is 6.61 Å². The van der Waals surface area contributed by atoms with Crippen LogP contribution in [0.3, 0.4) is 0 Å². The molecule has 5 rings (SSSR count). The molecule has 4 aromatic heterocycles. The maximum atomic E-state index is 5.97. The molecule has 0 bridgehead atoms. The lowest BCUT2D eigenvalue weighted by Crippen LogP contribution is -2.05. The van der Waals surface area contributed by atoms with Gasteiger partial charge in [-0.15, -0.1) is 26.6 Å². The van der Waals surface area contributed by atoms with Gasteiger partial charge in [0.1, 0.15) is 12.9 Å². The Labute approximate surface area is 157 Å². The lowest BCUT2D eigenvalue weighted by atomic mass is 10.1. The maximum absolute atomic E-state index is 5.97. The average Bonchev–Trinajstić information content (AvgIpc) is 3.47. The van der Waals surface area contributed by atoms with Crippen molar-refractivity contribution in [3.05, 3.63) is 66.1 Å². The van der Waals surface area contributed by atoms with Gasteiger partial charge in [-0.2, -0.15) is 9.61 Å². The molecule has 8 nitrogen and oxygen atoms in total. The van der Waals surface area contributed by atoms with Crippen LogP contribution in [0.2, 0.25) is 0 Å². The van der Waals surface area contributed by atoms with Gasteiger partial charge in [0, 0.05) is 5.56 Å². The SMILES string of the molecule is c1ccc(-c2cc3nnc(-c4cccs4)n3nc2OCc2ncn[nH]2)cc1. The summed E-state index contributed by atoms with van der Waals surface area (Å²) in [6.07, 6.45) is 1.45. The first-order chi connectivity index (χ1) is 13.4. The van der Waals surface area contributed by atoms with Gasteiger partial charge in [-0.1, -0.05) is 36.4 Å². The van der Waals surface area contributed by atoms with Crippen LogP contribution in [0.15, 0.2) is 60.2 Å². The lowest BCUT2D eigenvalue weighted by molar-refractivity contribution is 0.281. The van der Waals surface area contributed by atoms with Crippen molar-refractivity contribution in [3.63, 3.8) is 0 Å². The highest BCUT2D eigenvalue weighted by Crippen LogP contribution is 2.31. The predicted molar refractivity (Wildman–Crippen MR) is 100 cm³/mol. The molecular weight excluding hydrogens is 362 g/mol. The van der Waals surface area contributed by atoms with Gasteiger partial charge in [0.15, 0.2) is 17.3 Å². The van der Waals surface area contributed by atoms with Gasteiger partial charge in [-0.25, -0.2) is 4.98 Å². The Morgan fingerprint density at radius 3 is 2.78 bits per heavy atom. The van der Waals surface area contributed by atoms with Crippen molar-refractivity contribution in [1.82, 2.24) is 35.0 Å². The Balaban J connectivity index is 1.64. The van der Waals surface area contributed by atoms with Crippen LogP contribution in [0.4, 0.5) is 0 Å². The van der Waals surface area contributed by atoms with Crippen LogP contribution in [-0.4, -0.2) is 35.0 Å². The molecule has 0 aliphatic carbocycles. The van der Waals surface area contributed by atoms with E-state index in [1.807, 2.05) is 53.9 Å². The molecule has 5 aromatic rings. The number of H-pyrrole nitrogens is 1. The van der Waals surface area contributed by atoms with Crippen LogP contribution < -0.4 is 4.74 Å². The van der Waals surface area contributed by atoms with Crippen LogP contribution in [0.5, 0.6) is 5.88 Å². The van der Waals surface area contributed by atoms with Crippen LogP contribution in [0.1, 0.15) is 5.82 Å². The van der Waals surface area contributed by atoms with E-state index in [2.05, 4.69) is 30.5 Å². The molecule has 0 saturated heterocycles. The molecule has 0 spiro atoms. The minimum atomic E-state index is 0.231. The van der Waals surface area contributed by atoms with E-state index in [-0.39, 0.29) is 6.61 Å². The summed E-state index contributed by atoms with van der Waals surface area (Å²) in [6.45, 7) is 0.231. The number of hydrogen-bond donors (Lipinski definition) is 1. The summed E-state index contributed by atoms with van der Waals surface area (Å²) in [5.41, 5.74) is 2.48. The van der Waals surface area contributed by atoms with Crippen LogP contribution in [0, 0.1) is 0 Å². The second-order valence-corrected chi connectivity index (χ2v) is 6.67. The molecule has 9 heteroatoms. The Morgan fingerprint density at radius 2 is 2.00 bits per heavy atom. The summed E-state index contributed by atoms with van der Waals surface area (Å²) in [6, 6.07) is 15.8. The smallest absolute Gasteiger partial charge is 0.240 e. The molecule has 1 aromatic carbocycles. The van der Waals surface area contributed by atoms with E-state index in [0.29, 0.717) is 23.2 Å². The standard InChI is InChI=1S/C18H13N7OS/c1-2-5-12(6-3-1)13-9-16-22-23-17(14-7-4-8-27-14)25(16)24-18(13)26-10-15-19-11-20-21-15/h1-9,11H,10H2,(H,19,20,21). The third-order valence-electron chi connectivity index (χ3n) is 4.00. The number of aromatic amines is 1. The number of nitrogens with zero attached hydrogens (tertiary/aromatic N) is 6. The molecule has 0 fully saturated rings. The molecular formula is C18H13N7OS. The van der Waals surface area contributed by atoms with Crippen LogP contribution in [-0.2, 0) is 6.61 Å². The maximum Gasteiger partial charge on any atom is 0.240 e. The fourth-order valence-corrected chi connectivity index (χ4v) is 3.44. The van der Waals surface area contributed by atoms with Gasteiger partial charge in [0.05, 0.1) is 4.88 Å². The number of nitrogens with one attached hydrogen (secondary N) is 1. The summed E-state index contributed by atoms with van der Waals surface area (Å²) in [5, 5.41) is 21.9. The molecule has 0 aliphatic rings. The highest BCUT2D eigenvalue weighted by Gasteiger charge is 2.17. The Bertz CT molecular complexity index is 1170. The van der Waals surface area contributed by atoms with Gasteiger partial charge < -0.3 is 4.74 Å². The van der Waals surface area contributed by atoms with E-state index in [1.54, 1.807) is 15.9 Å². The molecule has 1 N–H and O–H groups in total. The molecule has 0 aliphatic heterocycles. The topological polar surface area (TPSA) is 93.9 Å². The van der Waals surface area contributed by atoms with Gasteiger partial charge in [0.2, 0.25) is 5.88 Å². The molecule has 0 unspecified atom stereocenters. The fraction of sp³-hybridized carbons (Fsp3) is 0.0556. The van der Waals surface area contributed by atoms with Gasteiger partial charge >= 0.3 is 0 Å². The van der Waals surface area contributed by atoms with Gasteiger partial charge in [-0.05, 0) is 23.1 Å². The third-order valence-corrected chi connectivity index (χ3v) is 4.86. The zero-order valence-corrected chi connectivity index (χ0v) is 14.8. The number of aromatic nitrogens is 7. The van der Waals surface area contributed by atoms with E-state index >= 15 is 0 Å². The quantitative estimate of drug-likeness (QED) is 0.507. The van der Waals surface area contributed by atoms with E-state index in [1.165, 1.54) is 6.33 Å². The summed E-state index contributed by atoms with van der Waals surface area (Å²) in [4.78, 5) is 5.08. The number of thiophene rings is 1. The lowest BCUT2D eigenvalue weighted by Gasteiger charge is -2.10. The first kappa shape index (κ1) is 15.6. The summed E-state index contributed by atoms with van der Waals surface area (Å²) in [5.74, 6) is 1.78. The first-order valence-electron chi connectivity index (χ1n) is 8.21. The van der Waals surface area contributed by atoms with Crippen molar-refractivity contribution in [1.29, 1.82) is 0 Å². The molecule has 4 heterocycles. The molecule has 0 saturated carbocycles. The van der Waals surface area contributed by atoms with Crippen molar-refractivity contribution in [2.75, 3.05) is 0 Å². The fourth-order valence-electron chi connectivity index (χ4n) is 2.74.